The van der Waals surface area contributed by atoms with Crippen molar-refractivity contribution in [2.45, 2.75) is 19.8 Å². The smallest absolute Gasteiger partial charge is 0.214 e. The first-order valence-corrected chi connectivity index (χ1v) is 10.0. The molecule has 4 rings (SSSR count). The molecule has 0 saturated carbocycles. The fraction of sp³-hybridized carbons (Fsp3) is 0.474. The molecule has 1 aliphatic heterocycles. The molecule has 1 N–H and O–H groups in total. The van der Waals surface area contributed by atoms with Crippen LogP contribution in [0.4, 0.5) is 5.13 Å². The van der Waals surface area contributed by atoms with Crippen LogP contribution in [0.2, 0.25) is 0 Å². The molecular weight excluding hydrogens is 346 g/mol. The number of imidazole rings is 1. The average Bonchev–Trinajstić information content (AvgIpc) is 3.23. The highest BCUT2D eigenvalue weighted by atomic mass is 32.1. The number of aromatic nitrogens is 3. The Bertz CT molecular complexity index is 849. The molecular formula is C19H25N5OS. The Kier molecular flexibility index (Phi) is 5.19. The Morgan fingerprint density at radius 2 is 1.96 bits per heavy atom. The standard InChI is InChI=1S/C19H25N5OS/c1-14(2)15-3-5-16(6-4-15)17-13-21-19-24(17)22-18(26-19)20-7-8-23-9-11-25-12-10-23/h3-6,13-14H,7-12H2,1-2H3,(H,20,22). The van der Waals surface area contributed by atoms with E-state index in [9.17, 15) is 0 Å². The number of benzene rings is 1. The number of anilines is 1. The van der Waals surface area contributed by atoms with E-state index in [0.29, 0.717) is 5.92 Å². The van der Waals surface area contributed by atoms with Crippen LogP contribution in [-0.2, 0) is 4.74 Å². The highest BCUT2D eigenvalue weighted by Gasteiger charge is 2.13. The normalized spacial score (nSPS) is 15.8. The average molecular weight is 372 g/mol. The van der Waals surface area contributed by atoms with E-state index >= 15 is 0 Å². The van der Waals surface area contributed by atoms with Gasteiger partial charge in [0.15, 0.2) is 0 Å². The summed E-state index contributed by atoms with van der Waals surface area (Å²) < 4.78 is 7.32. The van der Waals surface area contributed by atoms with Crippen molar-refractivity contribution in [3.63, 3.8) is 0 Å². The molecule has 1 aliphatic rings. The van der Waals surface area contributed by atoms with Crippen LogP contribution in [0.15, 0.2) is 30.5 Å². The molecule has 3 heterocycles. The Hall–Kier alpha value is -1.96. The lowest BCUT2D eigenvalue weighted by Crippen LogP contribution is -2.39. The van der Waals surface area contributed by atoms with Crippen molar-refractivity contribution in [2.75, 3.05) is 44.7 Å². The third-order valence-electron chi connectivity index (χ3n) is 4.77. The van der Waals surface area contributed by atoms with Crippen LogP contribution < -0.4 is 5.32 Å². The van der Waals surface area contributed by atoms with Gasteiger partial charge in [-0.15, -0.1) is 5.10 Å². The molecule has 7 heteroatoms. The highest BCUT2D eigenvalue weighted by molar-refractivity contribution is 7.20. The van der Waals surface area contributed by atoms with E-state index < -0.39 is 0 Å². The lowest BCUT2D eigenvalue weighted by atomic mass is 10.0. The van der Waals surface area contributed by atoms with Crippen LogP contribution in [0.1, 0.15) is 25.3 Å². The molecule has 3 aromatic rings. The van der Waals surface area contributed by atoms with Gasteiger partial charge in [0.2, 0.25) is 10.1 Å². The first kappa shape index (κ1) is 17.5. The summed E-state index contributed by atoms with van der Waals surface area (Å²) >= 11 is 1.59. The fourth-order valence-electron chi connectivity index (χ4n) is 3.15. The second-order valence-electron chi connectivity index (χ2n) is 6.90. The molecule has 26 heavy (non-hydrogen) atoms. The van der Waals surface area contributed by atoms with Crippen LogP contribution in [0.3, 0.4) is 0 Å². The zero-order chi connectivity index (χ0) is 17.9. The van der Waals surface area contributed by atoms with Crippen molar-refractivity contribution in [2.24, 2.45) is 0 Å². The Morgan fingerprint density at radius 1 is 1.19 bits per heavy atom. The number of hydrogen-bond donors (Lipinski definition) is 1. The van der Waals surface area contributed by atoms with Crippen molar-refractivity contribution >= 4 is 21.4 Å². The van der Waals surface area contributed by atoms with E-state index in [1.807, 2.05) is 10.7 Å². The van der Waals surface area contributed by atoms with Gasteiger partial charge in [0.05, 0.1) is 25.1 Å². The molecule has 1 fully saturated rings. The van der Waals surface area contributed by atoms with Crippen LogP contribution in [0, 0.1) is 0 Å². The van der Waals surface area contributed by atoms with Crippen molar-refractivity contribution in [3.05, 3.63) is 36.0 Å². The second kappa shape index (κ2) is 7.73. The van der Waals surface area contributed by atoms with Gasteiger partial charge in [0.1, 0.15) is 0 Å². The number of ether oxygens (including phenoxy) is 1. The van der Waals surface area contributed by atoms with Crippen LogP contribution in [0.25, 0.3) is 16.2 Å². The first-order chi connectivity index (χ1) is 12.7. The SMILES string of the molecule is CC(C)c1ccc(-c2cnc3sc(NCCN4CCOCC4)nn23)cc1. The van der Waals surface area contributed by atoms with Gasteiger partial charge >= 0.3 is 0 Å². The Morgan fingerprint density at radius 3 is 2.69 bits per heavy atom. The van der Waals surface area contributed by atoms with Gasteiger partial charge in [-0.3, -0.25) is 4.90 Å². The number of rotatable bonds is 6. The maximum Gasteiger partial charge on any atom is 0.214 e. The van der Waals surface area contributed by atoms with Gasteiger partial charge in [-0.25, -0.2) is 9.50 Å². The summed E-state index contributed by atoms with van der Waals surface area (Å²) in [7, 11) is 0. The van der Waals surface area contributed by atoms with Crippen molar-refractivity contribution in [3.8, 4) is 11.3 Å². The molecule has 0 aliphatic carbocycles. The van der Waals surface area contributed by atoms with E-state index in [2.05, 4.69) is 53.3 Å². The Labute approximate surface area is 157 Å². The van der Waals surface area contributed by atoms with Gasteiger partial charge in [-0.1, -0.05) is 49.4 Å². The molecule has 138 valence electrons. The maximum atomic E-state index is 5.39. The number of nitrogens with zero attached hydrogens (tertiary/aromatic N) is 4. The van der Waals surface area contributed by atoms with E-state index in [4.69, 9.17) is 9.84 Å². The van der Waals surface area contributed by atoms with Gasteiger partial charge in [-0.2, -0.15) is 0 Å². The maximum absolute atomic E-state index is 5.39. The highest BCUT2D eigenvalue weighted by Crippen LogP contribution is 2.27. The molecule has 6 nitrogen and oxygen atoms in total. The van der Waals surface area contributed by atoms with Crippen molar-refractivity contribution in [1.29, 1.82) is 0 Å². The molecule has 0 spiro atoms. The quantitative estimate of drug-likeness (QED) is 0.720. The monoisotopic (exact) mass is 371 g/mol. The van der Waals surface area contributed by atoms with Gasteiger partial charge in [0.25, 0.3) is 0 Å². The summed E-state index contributed by atoms with van der Waals surface area (Å²) in [5.74, 6) is 0.538. The number of nitrogens with one attached hydrogen (secondary N) is 1. The third kappa shape index (κ3) is 3.75. The molecule has 2 aromatic heterocycles. The van der Waals surface area contributed by atoms with E-state index in [-0.39, 0.29) is 0 Å². The number of fused-ring (bicyclic) bond motifs is 1. The summed E-state index contributed by atoms with van der Waals surface area (Å²) in [6, 6.07) is 8.69. The molecule has 0 radical (unpaired) electrons. The molecule has 0 amide bonds. The Balaban J connectivity index is 1.44. The van der Waals surface area contributed by atoms with Crippen LogP contribution in [0.5, 0.6) is 0 Å². The van der Waals surface area contributed by atoms with Crippen molar-refractivity contribution in [1.82, 2.24) is 19.5 Å². The van der Waals surface area contributed by atoms with Gasteiger partial charge in [0, 0.05) is 31.7 Å². The molecule has 0 atom stereocenters. The minimum atomic E-state index is 0.538. The summed E-state index contributed by atoms with van der Waals surface area (Å²) in [4.78, 5) is 7.86. The van der Waals surface area contributed by atoms with Gasteiger partial charge < -0.3 is 10.1 Å². The minimum Gasteiger partial charge on any atom is -0.379 e. The minimum absolute atomic E-state index is 0.538. The summed E-state index contributed by atoms with van der Waals surface area (Å²) in [5, 5.41) is 9.06. The third-order valence-corrected chi connectivity index (χ3v) is 5.65. The number of morpholine rings is 1. The largest absolute Gasteiger partial charge is 0.379 e. The summed E-state index contributed by atoms with van der Waals surface area (Å²) in [6.45, 7) is 10.0. The second-order valence-corrected chi connectivity index (χ2v) is 7.86. The van der Waals surface area contributed by atoms with Crippen LogP contribution in [-0.4, -0.2) is 58.9 Å². The molecule has 1 saturated heterocycles. The number of hydrogen-bond acceptors (Lipinski definition) is 6. The summed E-state index contributed by atoms with van der Waals surface area (Å²) in [5.41, 5.74) is 3.53. The zero-order valence-electron chi connectivity index (χ0n) is 15.3. The molecule has 1 aromatic carbocycles. The summed E-state index contributed by atoms with van der Waals surface area (Å²) in [6.07, 6.45) is 1.90. The van der Waals surface area contributed by atoms with E-state index in [0.717, 1.165) is 60.7 Å². The molecule has 0 bridgehead atoms. The first-order valence-electron chi connectivity index (χ1n) is 9.19. The zero-order valence-corrected chi connectivity index (χ0v) is 16.1. The van der Waals surface area contributed by atoms with Crippen molar-refractivity contribution < 1.29 is 4.74 Å². The lowest BCUT2D eigenvalue weighted by molar-refractivity contribution is 0.0398. The van der Waals surface area contributed by atoms with E-state index in [1.165, 1.54) is 5.56 Å². The van der Waals surface area contributed by atoms with Gasteiger partial charge in [-0.05, 0) is 11.5 Å². The predicted octanol–water partition coefficient (Wildman–Crippen LogP) is 3.33. The molecule has 0 unspecified atom stereocenters. The predicted molar refractivity (Wildman–Crippen MR) is 106 cm³/mol. The van der Waals surface area contributed by atoms with Crippen LogP contribution >= 0.6 is 11.3 Å². The fourth-order valence-corrected chi connectivity index (χ4v) is 3.95. The lowest BCUT2D eigenvalue weighted by Gasteiger charge is -2.26. The topological polar surface area (TPSA) is 54.7 Å². The van der Waals surface area contributed by atoms with E-state index in [1.54, 1.807) is 11.3 Å².